The van der Waals surface area contributed by atoms with Crippen LogP contribution in [0.15, 0.2) is 10.7 Å². The average molecular weight is 358 g/mol. The molecule has 0 spiro atoms. The third-order valence-electron chi connectivity index (χ3n) is 2.95. The molecule has 116 valence electrons. The van der Waals surface area contributed by atoms with Crippen molar-refractivity contribution in [3.63, 3.8) is 0 Å². The number of nitrogens with zero attached hydrogens (tertiary/aromatic N) is 4. The number of carbonyl (C=O) groups is 1. The third-order valence-corrected chi connectivity index (χ3v) is 3.48. The zero-order valence-electron chi connectivity index (χ0n) is 12.6. The molecule has 1 atom stereocenters. The molecule has 1 aliphatic heterocycles. The highest BCUT2D eigenvalue weighted by molar-refractivity contribution is 9.10. The maximum absolute atomic E-state index is 12.2. The molecule has 0 aromatic carbocycles. The van der Waals surface area contributed by atoms with Gasteiger partial charge in [-0.25, -0.2) is 9.48 Å². The molecule has 7 nitrogen and oxygen atoms in total. The smallest absolute Gasteiger partial charge is 0.410 e. The summed E-state index contributed by atoms with van der Waals surface area (Å²) in [7, 11) is 1.80. The molecule has 2 rings (SSSR count). The van der Waals surface area contributed by atoms with Gasteiger partial charge in [-0.1, -0.05) is 11.3 Å². The molecule has 2 N–H and O–H groups in total. The summed E-state index contributed by atoms with van der Waals surface area (Å²) in [5.74, 6) is 0. The van der Waals surface area contributed by atoms with Crippen LogP contribution in [-0.4, -0.2) is 50.7 Å². The summed E-state index contributed by atoms with van der Waals surface area (Å²) in [6, 6.07) is -0.247. The predicted octanol–water partition coefficient (Wildman–Crippen LogP) is 1.54. The molecule has 1 unspecified atom stereocenters. The van der Waals surface area contributed by atoms with Gasteiger partial charge in [0.15, 0.2) is 4.60 Å². The lowest BCUT2D eigenvalue weighted by Crippen LogP contribution is -2.46. The molecular formula is C13H20BrN5O2. The van der Waals surface area contributed by atoms with Crippen molar-refractivity contribution in [2.45, 2.75) is 32.4 Å². The minimum Gasteiger partial charge on any atom is -0.444 e. The maximum Gasteiger partial charge on any atom is 0.410 e. The van der Waals surface area contributed by atoms with Crippen LogP contribution in [0.4, 0.5) is 4.79 Å². The van der Waals surface area contributed by atoms with E-state index in [1.54, 1.807) is 16.6 Å². The van der Waals surface area contributed by atoms with Crippen molar-refractivity contribution in [2.24, 2.45) is 12.8 Å². The summed E-state index contributed by atoms with van der Waals surface area (Å²) in [5.41, 5.74) is 7.22. The van der Waals surface area contributed by atoms with E-state index < -0.39 is 5.60 Å². The molecule has 1 aromatic rings. The number of hydrogen-bond acceptors (Lipinski definition) is 5. The Labute approximate surface area is 132 Å². The van der Waals surface area contributed by atoms with Crippen LogP contribution in [0.2, 0.25) is 0 Å². The molecule has 0 fully saturated rings. The summed E-state index contributed by atoms with van der Waals surface area (Å²) in [6.07, 6.45) is 1.57. The minimum atomic E-state index is -0.531. The van der Waals surface area contributed by atoms with E-state index >= 15 is 0 Å². The van der Waals surface area contributed by atoms with Gasteiger partial charge >= 0.3 is 6.09 Å². The van der Waals surface area contributed by atoms with Crippen LogP contribution >= 0.6 is 15.9 Å². The van der Waals surface area contributed by atoms with Crippen LogP contribution in [-0.2, 0) is 11.8 Å². The predicted molar refractivity (Wildman–Crippen MR) is 82.5 cm³/mol. The number of aromatic nitrogens is 3. The van der Waals surface area contributed by atoms with Crippen LogP contribution in [0.1, 0.15) is 26.5 Å². The highest BCUT2D eigenvalue weighted by atomic mass is 79.9. The number of carbonyl (C=O) groups excluding carboxylic acids is 1. The van der Waals surface area contributed by atoms with Crippen molar-refractivity contribution >= 4 is 27.6 Å². The molecule has 0 aliphatic carbocycles. The van der Waals surface area contributed by atoms with E-state index in [4.69, 9.17) is 10.5 Å². The Morgan fingerprint density at radius 2 is 2.19 bits per heavy atom. The molecule has 0 saturated carbocycles. The molecule has 8 heteroatoms. The van der Waals surface area contributed by atoms with Gasteiger partial charge in [-0.05, 0) is 42.3 Å². The fraction of sp³-hybridized carbons (Fsp3) is 0.615. The summed E-state index contributed by atoms with van der Waals surface area (Å²) in [6.45, 7) is 6.37. The van der Waals surface area contributed by atoms with Gasteiger partial charge in [0.05, 0.1) is 6.54 Å². The van der Waals surface area contributed by atoms with Crippen LogP contribution in [0.3, 0.4) is 0 Å². The molecule has 1 aliphatic rings. The number of rotatable bonds is 1. The second kappa shape index (κ2) is 5.76. The van der Waals surface area contributed by atoms with Gasteiger partial charge in [0.1, 0.15) is 11.3 Å². The lowest BCUT2D eigenvalue weighted by Gasteiger charge is -2.32. The Kier molecular flexibility index (Phi) is 4.38. The SMILES string of the molecule is Cn1nnc(Br)c1C1=CC(N)CN(C(=O)OC(C)(C)C)C1. The second-order valence-electron chi connectivity index (χ2n) is 6.07. The molecule has 0 saturated heterocycles. The zero-order chi connectivity index (χ0) is 15.8. The summed E-state index contributed by atoms with van der Waals surface area (Å²) in [5, 5.41) is 7.91. The molecule has 1 amide bonds. The van der Waals surface area contributed by atoms with Gasteiger partial charge in [0.2, 0.25) is 0 Å². The highest BCUT2D eigenvalue weighted by Crippen LogP contribution is 2.26. The zero-order valence-corrected chi connectivity index (χ0v) is 14.2. The van der Waals surface area contributed by atoms with Crippen molar-refractivity contribution < 1.29 is 9.53 Å². The van der Waals surface area contributed by atoms with Crippen molar-refractivity contribution in [2.75, 3.05) is 13.1 Å². The Bertz CT molecular complexity index is 556. The Balaban J connectivity index is 2.21. The second-order valence-corrected chi connectivity index (χ2v) is 6.82. The van der Waals surface area contributed by atoms with Gasteiger partial charge in [-0.15, -0.1) is 5.10 Å². The van der Waals surface area contributed by atoms with Crippen LogP contribution < -0.4 is 5.73 Å². The van der Waals surface area contributed by atoms with Crippen molar-refractivity contribution in [3.8, 4) is 0 Å². The Morgan fingerprint density at radius 3 is 2.71 bits per heavy atom. The lowest BCUT2D eigenvalue weighted by atomic mass is 10.0. The molecule has 0 radical (unpaired) electrons. The van der Waals surface area contributed by atoms with E-state index in [1.807, 2.05) is 26.8 Å². The molecule has 2 heterocycles. The topological polar surface area (TPSA) is 86.3 Å². The fourth-order valence-electron chi connectivity index (χ4n) is 2.18. The summed E-state index contributed by atoms with van der Waals surface area (Å²) < 4.78 is 7.69. The lowest BCUT2D eigenvalue weighted by molar-refractivity contribution is 0.0265. The number of aryl methyl sites for hydroxylation is 1. The van der Waals surface area contributed by atoms with Crippen LogP contribution in [0.25, 0.3) is 5.57 Å². The van der Waals surface area contributed by atoms with Gasteiger partial charge in [0, 0.05) is 19.6 Å². The number of amides is 1. The highest BCUT2D eigenvalue weighted by Gasteiger charge is 2.29. The first-order valence-corrected chi connectivity index (χ1v) is 7.46. The van der Waals surface area contributed by atoms with E-state index in [-0.39, 0.29) is 12.1 Å². The normalized spacial score (nSPS) is 19.4. The first-order valence-electron chi connectivity index (χ1n) is 6.67. The average Bonchev–Trinajstić information content (AvgIpc) is 2.66. The largest absolute Gasteiger partial charge is 0.444 e. The number of nitrogens with two attached hydrogens (primary N) is 1. The number of ether oxygens (including phenoxy) is 1. The van der Waals surface area contributed by atoms with E-state index in [0.717, 1.165) is 11.3 Å². The fourth-order valence-corrected chi connectivity index (χ4v) is 2.76. The first kappa shape index (κ1) is 16.0. The minimum absolute atomic E-state index is 0.247. The van der Waals surface area contributed by atoms with Crippen molar-refractivity contribution in [3.05, 3.63) is 16.4 Å². The quantitative estimate of drug-likeness (QED) is 0.823. The molecule has 0 bridgehead atoms. The van der Waals surface area contributed by atoms with E-state index in [1.165, 1.54) is 0 Å². The number of hydrogen-bond donors (Lipinski definition) is 1. The van der Waals surface area contributed by atoms with Crippen molar-refractivity contribution in [1.29, 1.82) is 0 Å². The maximum atomic E-state index is 12.2. The van der Waals surface area contributed by atoms with E-state index in [9.17, 15) is 4.79 Å². The first-order chi connectivity index (χ1) is 9.67. The summed E-state index contributed by atoms with van der Waals surface area (Å²) in [4.78, 5) is 13.8. The van der Waals surface area contributed by atoms with E-state index in [2.05, 4.69) is 26.2 Å². The molecular weight excluding hydrogens is 338 g/mol. The Hall–Kier alpha value is -1.41. The van der Waals surface area contributed by atoms with E-state index in [0.29, 0.717) is 17.7 Å². The summed E-state index contributed by atoms with van der Waals surface area (Å²) >= 11 is 3.37. The number of halogens is 1. The van der Waals surface area contributed by atoms with Crippen LogP contribution in [0, 0.1) is 0 Å². The Morgan fingerprint density at radius 1 is 1.52 bits per heavy atom. The van der Waals surface area contributed by atoms with Crippen molar-refractivity contribution in [1.82, 2.24) is 19.9 Å². The van der Waals surface area contributed by atoms with Crippen LogP contribution in [0.5, 0.6) is 0 Å². The van der Waals surface area contributed by atoms with Gasteiger partial charge in [0.25, 0.3) is 0 Å². The third kappa shape index (κ3) is 3.82. The standard InChI is InChI=1S/C13H20BrN5O2/c1-13(2,3)21-12(20)19-6-8(5-9(15)7-19)10-11(14)16-17-18(10)4/h5,9H,6-7,15H2,1-4H3. The monoisotopic (exact) mass is 357 g/mol. The van der Waals surface area contributed by atoms with Gasteiger partial charge < -0.3 is 15.4 Å². The molecule has 1 aromatic heterocycles. The van der Waals surface area contributed by atoms with Gasteiger partial charge in [-0.2, -0.15) is 0 Å². The van der Waals surface area contributed by atoms with Gasteiger partial charge in [-0.3, -0.25) is 0 Å². The molecule has 21 heavy (non-hydrogen) atoms.